The number of ether oxygens (including phenoxy) is 1. The lowest BCUT2D eigenvalue weighted by Gasteiger charge is -2.09. The van der Waals surface area contributed by atoms with E-state index in [2.05, 4.69) is 15.5 Å². The number of hydrogen-bond donors (Lipinski definition) is 1. The molecule has 1 heterocycles. The van der Waals surface area contributed by atoms with Crippen LogP contribution in [0, 0.1) is 13.8 Å². The van der Waals surface area contributed by atoms with Gasteiger partial charge in [-0.3, -0.25) is 9.59 Å². The van der Waals surface area contributed by atoms with Crippen LogP contribution in [0.2, 0.25) is 0 Å². The molecule has 7 nitrogen and oxygen atoms in total. The van der Waals surface area contributed by atoms with Crippen LogP contribution in [0.4, 0.5) is 5.69 Å². The number of amides is 1. The number of aromatic nitrogens is 3. The fourth-order valence-electron chi connectivity index (χ4n) is 2.15. The zero-order valence-electron chi connectivity index (χ0n) is 14.8. The van der Waals surface area contributed by atoms with Gasteiger partial charge in [-0.25, -0.2) is 0 Å². The second-order valence-electron chi connectivity index (χ2n) is 5.59. The van der Waals surface area contributed by atoms with Gasteiger partial charge in [0.05, 0.1) is 12.4 Å². The number of benzene rings is 1. The Kier molecular flexibility index (Phi) is 6.58. The van der Waals surface area contributed by atoms with Gasteiger partial charge in [0.25, 0.3) is 0 Å². The van der Waals surface area contributed by atoms with Crippen LogP contribution in [0.5, 0.6) is 0 Å². The van der Waals surface area contributed by atoms with Gasteiger partial charge in [-0.1, -0.05) is 23.9 Å². The molecule has 25 heavy (non-hydrogen) atoms. The summed E-state index contributed by atoms with van der Waals surface area (Å²) in [7, 11) is 1.76. The third kappa shape index (κ3) is 5.32. The number of nitrogens with one attached hydrogen (secondary N) is 1. The van der Waals surface area contributed by atoms with E-state index < -0.39 is 0 Å². The Morgan fingerprint density at radius 1 is 1.28 bits per heavy atom. The number of thioether (sulfide) groups is 1. The smallest absolute Gasteiger partial charge is 0.313 e. The summed E-state index contributed by atoms with van der Waals surface area (Å²) in [6.07, 6.45) is 0.0621. The minimum atomic E-state index is -0.345. The molecule has 134 valence electrons. The van der Waals surface area contributed by atoms with Crippen molar-refractivity contribution >= 4 is 29.3 Å². The SMILES string of the molecule is CCOC(=O)Cc1nnc(SCC(=O)Nc2cc(C)ccc2C)n1C. The molecular formula is C17H22N4O3S. The molecule has 0 aliphatic rings. The van der Waals surface area contributed by atoms with Crippen molar-refractivity contribution in [2.24, 2.45) is 7.05 Å². The third-order valence-electron chi connectivity index (χ3n) is 3.53. The molecule has 2 aromatic rings. The fourth-order valence-corrected chi connectivity index (χ4v) is 2.88. The highest BCUT2D eigenvalue weighted by Gasteiger charge is 2.15. The number of aryl methyl sites for hydroxylation is 2. The molecule has 0 fully saturated rings. The maximum atomic E-state index is 12.2. The first kappa shape index (κ1) is 19.0. The standard InChI is InChI=1S/C17H22N4O3S/c1-5-24-16(23)9-14-19-20-17(21(14)4)25-10-15(22)18-13-8-11(2)6-7-12(13)3/h6-8H,5,9-10H2,1-4H3,(H,18,22). The summed E-state index contributed by atoms with van der Waals surface area (Å²) in [6.45, 7) is 6.02. The zero-order valence-corrected chi connectivity index (χ0v) is 15.6. The van der Waals surface area contributed by atoms with Gasteiger partial charge >= 0.3 is 5.97 Å². The van der Waals surface area contributed by atoms with Gasteiger partial charge in [-0.05, 0) is 38.0 Å². The van der Waals surface area contributed by atoms with E-state index in [1.807, 2.05) is 32.0 Å². The number of esters is 1. The molecule has 0 bridgehead atoms. The van der Waals surface area contributed by atoms with Gasteiger partial charge in [-0.2, -0.15) is 0 Å². The number of carbonyl (C=O) groups is 2. The van der Waals surface area contributed by atoms with E-state index in [0.29, 0.717) is 17.6 Å². The first-order valence-corrected chi connectivity index (χ1v) is 8.93. The summed E-state index contributed by atoms with van der Waals surface area (Å²) in [5.74, 6) is 0.255. The van der Waals surface area contributed by atoms with E-state index in [9.17, 15) is 9.59 Å². The van der Waals surface area contributed by atoms with E-state index in [1.165, 1.54) is 11.8 Å². The summed E-state index contributed by atoms with van der Waals surface area (Å²) in [6, 6.07) is 5.92. The average molecular weight is 362 g/mol. The van der Waals surface area contributed by atoms with Crippen molar-refractivity contribution in [3.63, 3.8) is 0 Å². The topological polar surface area (TPSA) is 86.1 Å². The average Bonchev–Trinajstić information content (AvgIpc) is 2.89. The minimum absolute atomic E-state index is 0.0621. The normalized spacial score (nSPS) is 10.6. The van der Waals surface area contributed by atoms with Gasteiger partial charge in [0.2, 0.25) is 5.91 Å². The Balaban J connectivity index is 1.92. The molecule has 8 heteroatoms. The Labute approximate surface area is 151 Å². The zero-order chi connectivity index (χ0) is 18.4. The molecule has 0 aliphatic heterocycles. The molecule has 1 aromatic heterocycles. The van der Waals surface area contributed by atoms with Crippen LogP contribution >= 0.6 is 11.8 Å². The van der Waals surface area contributed by atoms with Crippen LogP contribution in [0.1, 0.15) is 23.9 Å². The number of hydrogen-bond acceptors (Lipinski definition) is 6. The maximum absolute atomic E-state index is 12.2. The van der Waals surface area contributed by atoms with E-state index in [-0.39, 0.29) is 24.1 Å². The molecule has 0 atom stereocenters. The molecule has 0 aliphatic carbocycles. The molecule has 0 unspecified atom stereocenters. The highest BCUT2D eigenvalue weighted by molar-refractivity contribution is 7.99. The van der Waals surface area contributed by atoms with Crippen LogP contribution in [-0.2, 0) is 27.8 Å². The quantitative estimate of drug-likeness (QED) is 0.601. The van der Waals surface area contributed by atoms with Gasteiger partial charge in [0.15, 0.2) is 5.16 Å². The first-order valence-electron chi connectivity index (χ1n) is 7.94. The van der Waals surface area contributed by atoms with Gasteiger partial charge in [0.1, 0.15) is 12.2 Å². The van der Waals surface area contributed by atoms with Crippen molar-refractivity contribution in [2.45, 2.75) is 32.3 Å². The predicted octanol–water partition coefficient (Wildman–Crippen LogP) is 2.27. The predicted molar refractivity (Wildman–Crippen MR) is 96.6 cm³/mol. The van der Waals surface area contributed by atoms with Crippen molar-refractivity contribution in [3.05, 3.63) is 35.2 Å². The van der Waals surface area contributed by atoms with Crippen molar-refractivity contribution in [2.75, 3.05) is 17.7 Å². The summed E-state index contributed by atoms with van der Waals surface area (Å²) in [5.41, 5.74) is 2.91. The van der Waals surface area contributed by atoms with Gasteiger partial charge in [-0.15, -0.1) is 10.2 Å². The lowest BCUT2D eigenvalue weighted by atomic mass is 10.1. The van der Waals surface area contributed by atoms with Crippen molar-refractivity contribution < 1.29 is 14.3 Å². The Morgan fingerprint density at radius 3 is 2.76 bits per heavy atom. The van der Waals surface area contributed by atoms with E-state index in [0.717, 1.165) is 16.8 Å². The molecule has 1 aromatic carbocycles. The number of nitrogens with zero attached hydrogens (tertiary/aromatic N) is 3. The fraction of sp³-hybridized carbons (Fsp3) is 0.412. The Morgan fingerprint density at radius 2 is 2.04 bits per heavy atom. The van der Waals surface area contributed by atoms with Crippen molar-refractivity contribution in [1.29, 1.82) is 0 Å². The minimum Gasteiger partial charge on any atom is -0.466 e. The molecule has 1 N–H and O–H groups in total. The Hall–Kier alpha value is -2.35. The summed E-state index contributed by atoms with van der Waals surface area (Å²) < 4.78 is 6.61. The van der Waals surface area contributed by atoms with Crippen molar-refractivity contribution in [1.82, 2.24) is 14.8 Å². The summed E-state index contributed by atoms with van der Waals surface area (Å²) in [5, 5.41) is 11.5. The van der Waals surface area contributed by atoms with Gasteiger partial charge in [0, 0.05) is 12.7 Å². The summed E-state index contributed by atoms with van der Waals surface area (Å²) in [4.78, 5) is 23.7. The molecule has 2 rings (SSSR count). The van der Waals surface area contributed by atoms with Crippen LogP contribution in [-0.4, -0.2) is 39.0 Å². The maximum Gasteiger partial charge on any atom is 0.313 e. The highest BCUT2D eigenvalue weighted by atomic mass is 32.2. The molecule has 0 spiro atoms. The van der Waals surface area contributed by atoms with Crippen molar-refractivity contribution in [3.8, 4) is 0 Å². The third-order valence-corrected chi connectivity index (χ3v) is 4.55. The van der Waals surface area contributed by atoms with Crippen LogP contribution < -0.4 is 5.32 Å². The van der Waals surface area contributed by atoms with Crippen LogP contribution in [0.15, 0.2) is 23.4 Å². The molecule has 0 saturated carbocycles. The number of rotatable bonds is 7. The lowest BCUT2D eigenvalue weighted by Crippen LogP contribution is -2.15. The first-order chi connectivity index (χ1) is 11.9. The molecule has 1 amide bonds. The molecule has 0 radical (unpaired) electrons. The molecule has 0 saturated heterocycles. The van der Waals surface area contributed by atoms with E-state index in [4.69, 9.17) is 4.74 Å². The number of anilines is 1. The number of carbonyl (C=O) groups excluding carboxylic acids is 2. The molecular weight excluding hydrogens is 340 g/mol. The highest BCUT2D eigenvalue weighted by Crippen LogP contribution is 2.19. The second-order valence-corrected chi connectivity index (χ2v) is 6.54. The van der Waals surface area contributed by atoms with E-state index in [1.54, 1.807) is 18.5 Å². The van der Waals surface area contributed by atoms with Gasteiger partial charge < -0.3 is 14.6 Å². The Bertz CT molecular complexity index is 773. The monoisotopic (exact) mass is 362 g/mol. The lowest BCUT2D eigenvalue weighted by molar-refractivity contribution is -0.142. The van der Waals surface area contributed by atoms with Crippen LogP contribution in [0.3, 0.4) is 0 Å². The van der Waals surface area contributed by atoms with Crippen LogP contribution in [0.25, 0.3) is 0 Å². The summed E-state index contributed by atoms with van der Waals surface area (Å²) >= 11 is 1.27. The second kappa shape index (κ2) is 8.66. The van der Waals surface area contributed by atoms with E-state index >= 15 is 0 Å². The largest absolute Gasteiger partial charge is 0.466 e.